The Morgan fingerprint density at radius 3 is 1.94 bits per heavy atom. The molecule has 1 aliphatic carbocycles. The lowest BCUT2D eigenvalue weighted by atomic mass is 9.93. The Morgan fingerprint density at radius 2 is 1.62 bits per heavy atom. The maximum absolute atomic E-state index is 5.03. The summed E-state index contributed by atoms with van der Waals surface area (Å²) < 4.78 is 0. The van der Waals surface area contributed by atoms with Gasteiger partial charge < -0.3 is 5.73 Å². The van der Waals surface area contributed by atoms with E-state index in [1.807, 2.05) is 0 Å². The van der Waals surface area contributed by atoms with Crippen LogP contribution < -0.4 is 5.73 Å². The SMILES string of the molecule is CC(C)C1Cc2ccccc2C1.CCCN. The summed E-state index contributed by atoms with van der Waals surface area (Å²) in [5, 5.41) is 0. The minimum absolute atomic E-state index is 0.819. The van der Waals surface area contributed by atoms with Crippen LogP contribution >= 0.6 is 0 Å². The lowest BCUT2D eigenvalue weighted by Crippen LogP contribution is -2.07. The third kappa shape index (κ3) is 3.64. The van der Waals surface area contributed by atoms with Crippen LogP contribution in [0.1, 0.15) is 38.3 Å². The Kier molecular flexibility index (Phi) is 5.54. The summed E-state index contributed by atoms with van der Waals surface area (Å²) in [5.74, 6) is 1.72. The number of rotatable bonds is 2. The highest BCUT2D eigenvalue weighted by Crippen LogP contribution is 2.30. The summed E-state index contributed by atoms with van der Waals surface area (Å²) >= 11 is 0. The second-order valence-electron chi connectivity index (χ2n) is 4.97. The van der Waals surface area contributed by atoms with E-state index in [-0.39, 0.29) is 0 Å². The van der Waals surface area contributed by atoms with Crippen LogP contribution in [-0.4, -0.2) is 6.54 Å². The van der Waals surface area contributed by atoms with E-state index in [0.29, 0.717) is 0 Å². The number of fused-ring (bicyclic) bond motifs is 1. The van der Waals surface area contributed by atoms with Gasteiger partial charge in [0.05, 0.1) is 0 Å². The van der Waals surface area contributed by atoms with Gasteiger partial charge in [0.1, 0.15) is 0 Å². The van der Waals surface area contributed by atoms with E-state index in [2.05, 4.69) is 45.0 Å². The van der Waals surface area contributed by atoms with E-state index >= 15 is 0 Å². The lowest BCUT2D eigenvalue weighted by molar-refractivity contribution is 0.404. The van der Waals surface area contributed by atoms with E-state index in [0.717, 1.165) is 24.8 Å². The van der Waals surface area contributed by atoms with E-state index in [9.17, 15) is 0 Å². The molecule has 0 aliphatic heterocycles. The van der Waals surface area contributed by atoms with Crippen LogP contribution in [0, 0.1) is 11.8 Å². The summed E-state index contributed by atoms with van der Waals surface area (Å²) in [4.78, 5) is 0. The van der Waals surface area contributed by atoms with Crippen molar-refractivity contribution in [2.24, 2.45) is 17.6 Å². The molecule has 1 aliphatic rings. The standard InChI is InChI=1S/C12H16.C3H9N/c1-9(2)12-7-10-5-3-4-6-11(10)8-12;1-2-3-4/h3-6,9,12H,7-8H2,1-2H3;2-4H2,1H3. The molecule has 0 spiro atoms. The molecule has 2 rings (SSSR count). The number of hydrogen-bond acceptors (Lipinski definition) is 1. The second-order valence-corrected chi connectivity index (χ2v) is 4.97. The van der Waals surface area contributed by atoms with Crippen molar-refractivity contribution in [2.75, 3.05) is 6.54 Å². The topological polar surface area (TPSA) is 26.0 Å². The van der Waals surface area contributed by atoms with Gasteiger partial charge in [-0.3, -0.25) is 0 Å². The van der Waals surface area contributed by atoms with Gasteiger partial charge in [-0.05, 0) is 48.8 Å². The average molecular weight is 219 g/mol. The molecule has 0 saturated carbocycles. The summed E-state index contributed by atoms with van der Waals surface area (Å²) in [6, 6.07) is 8.86. The van der Waals surface area contributed by atoms with Gasteiger partial charge in [0.15, 0.2) is 0 Å². The summed E-state index contributed by atoms with van der Waals surface area (Å²) in [6.45, 7) is 7.53. The summed E-state index contributed by atoms with van der Waals surface area (Å²) in [6.07, 6.45) is 3.70. The third-order valence-electron chi connectivity index (χ3n) is 3.31. The van der Waals surface area contributed by atoms with Crippen molar-refractivity contribution < 1.29 is 0 Å². The normalized spacial score (nSPS) is 14.6. The average Bonchev–Trinajstić information content (AvgIpc) is 2.73. The van der Waals surface area contributed by atoms with Crippen LogP contribution in [0.3, 0.4) is 0 Å². The maximum Gasteiger partial charge on any atom is -0.00799 e. The van der Waals surface area contributed by atoms with Gasteiger partial charge in [-0.25, -0.2) is 0 Å². The lowest BCUT2D eigenvalue weighted by Gasteiger charge is -2.12. The molecule has 0 aromatic heterocycles. The fourth-order valence-corrected chi connectivity index (χ4v) is 2.06. The van der Waals surface area contributed by atoms with Crippen molar-refractivity contribution in [3.05, 3.63) is 35.4 Å². The molecule has 0 amide bonds. The van der Waals surface area contributed by atoms with E-state index in [1.165, 1.54) is 12.8 Å². The zero-order valence-corrected chi connectivity index (χ0v) is 10.9. The molecular formula is C15H25N. The Balaban J connectivity index is 0.000000280. The fourth-order valence-electron chi connectivity index (χ4n) is 2.06. The fraction of sp³-hybridized carbons (Fsp3) is 0.600. The zero-order valence-electron chi connectivity index (χ0n) is 10.9. The number of benzene rings is 1. The largest absolute Gasteiger partial charge is 0.330 e. The second kappa shape index (κ2) is 6.70. The van der Waals surface area contributed by atoms with Crippen molar-refractivity contribution >= 4 is 0 Å². The molecule has 1 aromatic carbocycles. The van der Waals surface area contributed by atoms with Gasteiger partial charge >= 0.3 is 0 Å². The first-order valence-corrected chi connectivity index (χ1v) is 6.45. The Morgan fingerprint density at radius 1 is 1.19 bits per heavy atom. The minimum atomic E-state index is 0.819. The zero-order chi connectivity index (χ0) is 12.0. The first-order chi connectivity index (χ1) is 7.69. The van der Waals surface area contributed by atoms with Crippen molar-refractivity contribution in [1.29, 1.82) is 0 Å². The quantitative estimate of drug-likeness (QED) is 0.810. The molecule has 2 N–H and O–H groups in total. The molecule has 0 heterocycles. The molecule has 0 saturated heterocycles. The third-order valence-corrected chi connectivity index (χ3v) is 3.31. The molecule has 1 heteroatoms. The van der Waals surface area contributed by atoms with Crippen molar-refractivity contribution in [1.82, 2.24) is 0 Å². The molecule has 0 atom stereocenters. The molecule has 90 valence electrons. The van der Waals surface area contributed by atoms with Crippen molar-refractivity contribution in [3.8, 4) is 0 Å². The predicted molar refractivity (Wildman–Crippen MR) is 71.5 cm³/mol. The molecule has 0 fully saturated rings. The molecule has 0 radical (unpaired) electrons. The highest BCUT2D eigenvalue weighted by atomic mass is 14.5. The van der Waals surface area contributed by atoms with E-state index in [1.54, 1.807) is 11.1 Å². The Labute approximate surface area is 100 Å². The smallest absolute Gasteiger partial charge is 0.00799 e. The monoisotopic (exact) mass is 219 g/mol. The minimum Gasteiger partial charge on any atom is -0.330 e. The summed E-state index contributed by atoms with van der Waals surface area (Å²) in [7, 11) is 0. The van der Waals surface area contributed by atoms with Crippen LogP contribution in [0.4, 0.5) is 0 Å². The first-order valence-electron chi connectivity index (χ1n) is 6.45. The van der Waals surface area contributed by atoms with Crippen molar-refractivity contribution in [3.63, 3.8) is 0 Å². The Bertz CT molecular complexity index is 277. The molecule has 0 unspecified atom stereocenters. The van der Waals surface area contributed by atoms with Crippen LogP contribution in [-0.2, 0) is 12.8 Å². The van der Waals surface area contributed by atoms with E-state index in [4.69, 9.17) is 5.73 Å². The molecular weight excluding hydrogens is 194 g/mol. The highest BCUT2D eigenvalue weighted by Gasteiger charge is 2.22. The molecule has 16 heavy (non-hydrogen) atoms. The maximum atomic E-state index is 5.03. The summed E-state index contributed by atoms with van der Waals surface area (Å²) in [5.41, 5.74) is 8.19. The predicted octanol–water partition coefficient (Wildman–Crippen LogP) is 3.41. The van der Waals surface area contributed by atoms with Gasteiger partial charge in [0, 0.05) is 0 Å². The molecule has 1 nitrogen and oxygen atoms in total. The van der Waals surface area contributed by atoms with Gasteiger partial charge in [0.25, 0.3) is 0 Å². The van der Waals surface area contributed by atoms with Gasteiger partial charge in [-0.15, -0.1) is 0 Å². The van der Waals surface area contributed by atoms with Crippen LogP contribution in [0.5, 0.6) is 0 Å². The molecule has 0 bridgehead atoms. The highest BCUT2D eigenvalue weighted by molar-refractivity contribution is 5.32. The molecule has 1 aromatic rings. The van der Waals surface area contributed by atoms with Gasteiger partial charge in [-0.2, -0.15) is 0 Å². The van der Waals surface area contributed by atoms with Crippen LogP contribution in [0.25, 0.3) is 0 Å². The van der Waals surface area contributed by atoms with Gasteiger partial charge in [-0.1, -0.05) is 45.0 Å². The number of nitrogens with two attached hydrogens (primary N) is 1. The van der Waals surface area contributed by atoms with Crippen LogP contribution in [0.15, 0.2) is 24.3 Å². The van der Waals surface area contributed by atoms with E-state index < -0.39 is 0 Å². The first kappa shape index (κ1) is 13.2. The van der Waals surface area contributed by atoms with Gasteiger partial charge in [0.2, 0.25) is 0 Å². The van der Waals surface area contributed by atoms with Crippen molar-refractivity contribution in [2.45, 2.75) is 40.0 Å². The number of hydrogen-bond donors (Lipinski definition) is 1. The van der Waals surface area contributed by atoms with Crippen LogP contribution in [0.2, 0.25) is 0 Å². The Hall–Kier alpha value is -0.820.